The van der Waals surface area contributed by atoms with Gasteiger partial charge >= 0.3 is 6.09 Å². The lowest BCUT2D eigenvalue weighted by molar-refractivity contribution is -0.671. The van der Waals surface area contributed by atoms with Gasteiger partial charge in [0.25, 0.3) is 0 Å². The van der Waals surface area contributed by atoms with Crippen molar-refractivity contribution in [2.45, 2.75) is 6.54 Å². The van der Waals surface area contributed by atoms with Crippen LogP contribution in [-0.2, 0) is 13.6 Å². The van der Waals surface area contributed by atoms with Crippen molar-refractivity contribution in [1.82, 2.24) is 4.90 Å². The van der Waals surface area contributed by atoms with Gasteiger partial charge in [0, 0.05) is 19.7 Å². The number of carbonyl (C=O) groups excluding carboxylic acids is 1. The Balaban J connectivity index is 1.96. The van der Waals surface area contributed by atoms with E-state index in [1.807, 2.05) is 54.2 Å². The van der Waals surface area contributed by atoms with Crippen molar-refractivity contribution in [3.63, 3.8) is 0 Å². The maximum atomic E-state index is 11.9. The lowest BCUT2D eigenvalue weighted by Crippen LogP contribution is -2.31. The molecule has 0 saturated heterocycles. The summed E-state index contributed by atoms with van der Waals surface area (Å²) in [5.41, 5.74) is 1.07. The molecule has 2 rings (SSSR count). The number of pyridine rings is 1. The van der Waals surface area contributed by atoms with Gasteiger partial charge in [-0.25, -0.2) is 9.36 Å². The van der Waals surface area contributed by atoms with Gasteiger partial charge in [0.05, 0.1) is 0 Å². The van der Waals surface area contributed by atoms with E-state index in [4.69, 9.17) is 4.74 Å². The van der Waals surface area contributed by atoms with Crippen LogP contribution in [0.1, 0.15) is 5.56 Å². The summed E-state index contributed by atoms with van der Waals surface area (Å²) in [7, 11) is 3.60. The second kappa shape index (κ2) is 6.00. The van der Waals surface area contributed by atoms with Crippen molar-refractivity contribution >= 4 is 6.09 Å². The first-order valence-corrected chi connectivity index (χ1v) is 6.07. The SMILES string of the molecule is CN(Cc1ccccc1)C(=O)Oc1ccc[n+](C)c1. The number of hydrogen-bond acceptors (Lipinski definition) is 2. The van der Waals surface area contributed by atoms with Crippen molar-refractivity contribution in [3.05, 3.63) is 60.4 Å². The third kappa shape index (κ3) is 3.81. The number of benzene rings is 1. The van der Waals surface area contributed by atoms with E-state index in [-0.39, 0.29) is 6.09 Å². The Morgan fingerprint density at radius 1 is 1.21 bits per heavy atom. The maximum absolute atomic E-state index is 11.9. The predicted octanol–water partition coefficient (Wildman–Crippen LogP) is 2.14. The van der Waals surface area contributed by atoms with Gasteiger partial charge in [-0.2, -0.15) is 0 Å². The summed E-state index contributed by atoms with van der Waals surface area (Å²) in [5.74, 6) is 0.537. The number of carbonyl (C=O) groups is 1. The molecular weight excluding hydrogens is 240 g/mol. The number of hydrogen-bond donors (Lipinski definition) is 0. The fraction of sp³-hybridized carbons (Fsp3) is 0.200. The second-order valence-electron chi connectivity index (χ2n) is 4.41. The standard InChI is InChI=1S/C15H17N2O2/c1-16-10-6-9-14(12-16)19-15(18)17(2)11-13-7-4-3-5-8-13/h3-10,12H,11H2,1-2H3/q+1. The number of aromatic nitrogens is 1. The highest BCUT2D eigenvalue weighted by molar-refractivity contribution is 5.70. The zero-order valence-electron chi connectivity index (χ0n) is 11.1. The fourth-order valence-electron chi connectivity index (χ4n) is 1.72. The Bertz CT molecular complexity index is 555. The Labute approximate surface area is 112 Å². The van der Waals surface area contributed by atoms with Crippen molar-refractivity contribution in [1.29, 1.82) is 0 Å². The molecule has 0 aliphatic rings. The van der Waals surface area contributed by atoms with E-state index in [1.165, 1.54) is 0 Å². The van der Waals surface area contributed by atoms with Crippen LogP contribution >= 0.6 is 0 Å². The minimum Gasteiger partial charge on any atom is -0.404 e. The molecule has 1 aromatic heterocycles. The van der Waals surface area contributed by atoms with Crippen LogP contribution in [0.4, 0.5) is 4.79 Å². The van der Waals surface area contributed by atoms with E-state index >= 15 is 0 Å². The van der Waals surface area contributed by atoms with Gasteiger partial charge in [0.2, 0.25) is 6.20 Å². The lowest BCUT2D eigenvalue weighted by atomic mass is 10.2. The van der Waals surface area contributed by atoms with Crippen LogP contribution in [0.15, 0.2) is 54.9 Å². The van der Waals surface area contributed by atoms with Crippen LogP contribution in [-0.4, -0.2) is 18.0 Å². The smallest absolute Gasteiger partial charge is 0.404 e. The Morgan fingerprint density at radius 3 is 2.63 bits per heavy atom. The van der Waals surface area contributed by atoms with Gasteiger partial charge in [-0.05, 0) is 11.6 Å². The van der Waals surface area contributed by atoms with Gasteiger partial charge in [0.15, 0.2) is 11.9 Å². The van der Waals surface area contributed by atoms with E-state index in [2.05, 4.69) is 0 Å². The molecule has 4 heteroatoms. The summed E-state index contributed by atoms with van der Waals surface area (Å²) in [5, 5.41) is 0. The summed E-state index contributed by atoms with van der Waals surface area (Å²) in [6, 6.07) is 13.4. The normalized spacial score (nSPS) is 10.0. The molecule has 0 atom stereocenters. The minimum atomic E-state index is -0.366. The van der Waals surface area contributed by atoms with Gasteiger partial charge in [-0.15, -0.1) is 0 Å². The number of rotatable bonds is 3. The van der Waals surface area contributed by atoms with Crippen LogP contribution < -0.4 is 9.30 Å². The molecule has 19 heavy (non-hydrogen) atoms. The van der Waals surface area contributed by atoms with Gasteiger partial charge < -0.3 is 9.64 Å². The molecule has 0 aliphatic carbocycles. The number of ether oxygens (including phenoxy) is 1. The molecule has 0 fully saturated rings. The first-order valence-electron chi connectivity index (χ1n) is 6.07. The van der Waals surface area contributed by atoms with E-state index in [1.54, 1.807) is 24.2 Å². The van der Waals surface area contributed by atoms with Crippen LogP contribution in [0.5, 0.6) is 5.75 Å². The Morgan fingerprint density at radius 2 is 1.95 bits per heavy atom. The molecule has 1 heterocycles. The molecule has 0 N–H and O–H groups in total. The summed E-state index contributed by atoms with van der Waals surface area (Å²) in [4.78, 5) is 13.5. The third-order valence-corrected chi connectivity index (χ3v) is 2.69. The number of nitrogens with zero attached hydrogens (tertiary/aromatic N) is 2. The zero-order valence-corrected chi connectivity index (χ0v) is 11.1. The molecule has 0 bridgehead atoms. The highest BCUT2D eigenvalue weighted by Gasteiger charge is 2.12. The van der Waals surface area contributed by atoms with Crippen molar-refractivity contribution in [2.75, 3.05) is 7.05 Å². The topological polar surface area (TPSA) is 33.4 Å². The lowest BCUT2D eigenvalue weighted by Gasteiger charge is -2.16. The number of amides is 1. The molecule has 0 radical (unpaired) electrons. The fourth-order valence-corrected chi connectivity index (χ4v) is 1.72. The van der Waals surface area contributed by atoms with Gasteiger partial charge in [-0.3, -0.25) is 0 Å². The largest absolute Gasteiger partial charge is 0.415 e. The summed E-state index contributed by atoms with van der Waals surface area (Å²) >= 11 is 0. The van der Waals surface area contributed by atoms with Crippen LogP contribution in [0.3, 0.4) is 0 Å². The maximum Gasteiger partial charge on any atom is 0.415 e. The van der Waals surface area contributed by atoms with Crippen molar-refractivity contribution in [2.24, 2.45) is 7.05 Å². The summed E-state index contributed by atoms with van der Waals surface area (Å²) in [6.45, 7) is 0.526. The molecule has 0 aliphatic heterocycles. The molecule has 2 aromatic rings. The zero-order chi connectivity index (χ0) is 13.7. The Hall–Kier alpha value is -2.36. The molecule has 1 aromatic carbocycles. The molecule has 0 unspecified atom stereocenters. The van der Waals surface area contributed by atoms with E-state index in [0.29, 0.717) is 12.3 Å². The molecule has 1 amide bonds. The average molecular weight is 257 g/mol. The third-order valence-electron chi connectivity index (χ3n) is 2.69. The second-order valence-corrected chi connectivity index (χ2v) is 4.41. The predicted molar refractivity (Wildman–Crippen MR) is 71.6 cm³/mol. The monoisotopic (exact) mass is 257 g/mol. The summed E-state index contributed by atoms with van der Waals surface area (Å²) in [6.07, 6.45) is 3.27. The van der Waals surface area contributed by atoms with Gasteiger partial charge in [-0.1, -0.05) is 30.3 Å². The van der Waals surface area contributed by atoms with E-state index in [9.17, 15) is 4.79 Å². The molecular formula is C15H17N2O2+. The van der Waals surface area contributed by atoms with Crippen molar-refractivity contribution in [3.8, 4) is 5.75 Å². The van der Waals surface area contributed by atoms with Crippen molar-refractivity contribution < 1.29 is 14.1 Å². The highest BCUT2D eigenvalue weighted by Crippen LogP contribution is 2.09. The van der Waals surface area contributed by atoms with Gasteiger partial charge in [0.1, 0.15) is 7.05 Å². The molecule has 98 valence electrons. The molecule has 0 saturated carbocycles. The number of aryl methyl sites for hydroxylation is 1. The highest BCUT2D eigenvalue weighted by atomic mass is 16.6. The Kier molecular flexibility index (Phi) is 4.13. The van der Waals surface area contributed by atoms with Crippen LogP contribution in [0.2, 0.25) is 0 Å². The first kappa shape index (κ1) is 13.1. The quantitative estimate of drug-likeness (QED) is 0.789. The van der Waals surface area contributed by atoms with Crippen LogP contribution in [0.25, 0.3) is 0 Å². The summed E-state index contributed by atoms with van der Waals surface area (Å²) < 4.78 is 7.13. The average Bonchev–Trinajstić information content (AvgIpc) is 2.40. The van der Waals surface area contributed by atoms with E-state index < -0.39 is 0 Å². The minimum absolute atomic E-state index is 0.366. The van der Waals surface area contributed by atoms with Crippen LogP contribution in [0, 0.1) is 0 Å². The van der Waals surface area contributed by atoms with E-state index in [0.717, 1.165) is 5.56 Å². The molecule has 0 spiro atoms. The molecule has 4 nitrogen and oxygen atoms in total. The first-order chi connectivity index (χ1) is 9.15.